The van der Waals surface area contributed by atoms with Crippen molar-refractivity contribution in [1.82, 2.24) is 25.4 Å². The molecule has 0 saturated heterocycles. The van der Waals surface area contributed by atoms with Gasteiger partial charge in [0.2, 0.25) is 0 Å². The minimum Gasteiger partial charge on any atom is -0.497 e. The number of nitrogens with one attached hydrogen (secondary N) is 5. The SMILES string of the molecule is COc1cc(Nc2nc3ccccc3nc2NS(=O)(=O)c2cccc(-c3ccc(C)[nH][nH][nH]3)c2)cc(OC)c1. The molecule has 39 heavy (non-hydrogen) atoms. The second-order valence-electron chi connectivity index (χ2n) is 8.57. The minimum absolute atomic E-state index is 0.0390. The van der Waals surface area contributed by atoms with Gasteiger partial charge in [-0.3, -0.25) is 14.9 Å². The third-order valence-corrected chi connectivity index (χ3v) is 7.16. The average molecular weight is 546 g/mol. The van der Waals surface area contributed by atoms with Crippen molar-refractivity contribution in [3.63, 3.8) is 0 Å². The molecule has 200 valence electrons. The number of aromatic amines is 3. The number of anilines is 3. The number of aryl methyl sites for hydroxylation is 1. The normalized spacial score (nSPS) is 11.2. The van der Waals surface area contributed by atoms with Gasteiger partial charge in [0.1, 0.15) is 11.5 Å². The van der Waals surface area contributed by atoms with Gasteiger partial charge < -0.3 is 14.8 Å². The van der Waals surface area contributed by atoms with Crippen LogP contribution in [0.25, 0.3) is 22.3 Å². The number of hydrogen-bond donors (Lipinski definition) is 5. The molecule has 0 fully saturated rings. The summed E-state index contributed by atoms with van der Waals surface area (Å²) in [5.41, 5.74) is 3.96. The molecule has 2 aromatic heterocycles. The van der Waals surface area contributed by atoms with Crippen LogP contribution in [-0.2, 0) is 10.0 Å². The van der Waals surface area contributed by atoms with Crippen LogP contribution < -0.4 is 19.5 Å². The summed E-state index contributed by atoms with van der Waals surface area (Å²) in [5.74, 6) is 1.37. The first-order valence-corrected chi connectivity index (χ1v) is 13.4. The van der Waals surface area contributed by atoms with Gasteiger partial charge in [-0.2, -0.15) is 0 Å². The lowest BCUT2D eigenvalue weighted by atomic mass is 10.1. The van der Waals surface area contributed by atoms with E-state index in [9.17, 15) is 8.42 Å². The van der Waals surface area contributed by atoms with Crippen molar-refractivity contribution in [1.29, 1.82) is 0 Å². The van der Waals surface area contributed by atoms with Crippen LogP contribution in [0.15, 0.2) is 83.8 Å². The highest BCUT2D eigenvalue weighted by Crippen LogP contribution is 2.31. The van der Waals surface area contributed by atoms with Gasteiger partial charge in [0.25, 0.3) is 10.0 Å². The van der Waals surface area contributed by atoms with Crippen molar-refractivity contribution in [3.05, 3.63) is 84.6 Å². The van der Waals surface area contributed by atoms with Crippen LogP contribution in [0.4, 0.5) is 17.3 Å². The van der Waals surface area contributed by atoms with Gasteiger partial charge in [-0.25, -0.2) is 23.6 Å². The molecule has 0 unspecified atom stereocenters. The standard InChI is InChI=1S/C27H27N7O4S/c1-17-11-12-23(32-34-31-17)18-7-6-8-22(13-18)39(35,36)33-27-26(29-24-9-4-5-10-25(24)30-27)28-19-14-20(37-2)16-21(15-19)38-3/h4-16,31-32,34H,1-3H3,(H,28,29)(H,30,33). The molecular weight excluding hydrogens is 518 g/mol. The Hall–Kier alpha value is -4.97. The van der Waals surface area contributed by atoms with Crippen LogP contribution in [0.2, 0.25) is 0 Å². The summed E-state index contributed by atoms with van der Waals surface area (Å²) in [6.45, 7) is 1.90. The number of rotatable bonds is 8. The Morgan fingerprint density at radius 1 is 0.769 bits per heavy atom. The molecule has 0 aliphatic heterocycles. The molecule has 0 saturated carbocycles. The highest BCUT2D eigenvalue weighted by Gasteiger charge is 2.20. The summed E-state index contributed by atoms with van der Waals surface area (Å²) >= 11 is 0. The molecule has 0 atom stereocenters. The Morgan fingerprint density at radius 2 is 1.46 bits per heavy atom. The van der Waals surface area contributed by atoms with Crippen molar-refractivity contribution >= 4 is 38.4 Å². The Labute approximate surface area is 225 Å². The molecule has 0 aliphatic rings. The van der Waals surface area contributed by atoms with E-state index < -0.39 is 10.0 Å². The Bertz CT molecular complexity index is 1770. The molecule has 3 aromatic carbocycles. The van der Waals surface area contributed by atoms with E-state index in [4.69, 9.17) is 9.47 Å². The molecule has 0 radical (unpaired) electrons. The molecule has 5 rings (SSSR count). The summed E-state index contributed by atoms with van der Waals surface area (Å²) in [4.78, 5) is 9.28. The van der Waals surface area contributed by atoms with E-state index in [1.165, 1.54) is 6.07 Å². The van der Waals surface area contributed by atoms with E-state index >= 15 is 0 Å². The number of fused-ring (bicyclic) bond motifs is 1. The summed E-state index contributed by atoms with van der Waals surface area (Å²) in [5, 5.41) is 12.0. The molecule has 12 heteroatoms. The number of sulfonamides is 1. The van der Waals surface area contributed by atoms with E-state index in [0.717, 1.165) is 5.69 Å². The maximum absolute atomic E-state index is 13.6. The zero-order chi connectivity index (χ0) is 27.4. The fourth-order valence-corrected chi connectivity index (χ4v) is 4.90. The van der Waals surface area contributed by atoms with E-state index in [1.54, 1.807) is 56.7 Å². The van der Waals surface area contributed by atoms with Crippen molar-refractivity contribution in [2.75, 3.05) is 24.3 Å². The van der Waals surface area contributed by atoms with E-state index in [0.29, 0.717) is 39.5 Å². The van der Waals surface area contributed by atoms with Crippen LogP contribution in [-0.4, -0.2) is 48.0 Å². The predicted molar refractivity (Wildman–Crippen MR) is 150 cm³/mol. The molecule has 0 aliphatic carbocycles. The maximum Gasteiger partial charge on any atom is 0.263 e. The van der Waals surface area contributed by atoms with Gasteiger partial charge >= 0.3 is 0 Å². The number of nitrogens with zero attached hydrogens (tertiary/aromatic N) is 2. The van der Waals surface area contributed by atoms with Gasteiger partial charge in [-0.1, -0.05) is 24.3 Å². The summed E-state index contributed by atoms with van der Waals surface area (Å²) in [6, 6.07) is 22.7. The number of H-pyrrole nitrogens is 3. The van der Waals surface area contributed by atoms with Crippen LogP contribution in [0.1, 0.15) is 5.69 Å². The van der Waals surface area contributed by atoms with Crippen LogP contribution in [0, 0.1) is 6.92 Å². The lowest BCUT2D eigenvalue weighted by molar-refractivity contribution is 0.395. The van der Waals surface area contributed by atoms with Crippen molar-refractivity contribution < 1.29 is 17.9 Å². The molecule has 2 heterocycles. The summed E-state index contributed by atoms with van der Waals surface area (Å²) in [6.07, 6.45) is 0. The van der Waals surface area contributed by atoms with Crippen molar-refractivity contribution in [2.24, 2.45) is 0 Å². The van der Waals surface area contributed by atoms with Crippen molar-refractivity contribution in [3.8, 4) is 22.8 Å². The van der Waals surface area contributed by atoms with Crippen molar-refractivity contribution in [2.45, 2.75) is 11.8 Å². The number of aromatic nitrogens is 5. The van der Waals surface area contributed by atoms with Crippen LogP contribution in [0.3, 0.4) is 0 Å². The minimum atomic E-state index is -4.05. The first kappa shape index (κ1) is 25.7. The number of para-hydroxylation sites is 2. The summed E-state index contributed by atoms with van der Waals surface area (Å²) < 4.78 is 40.5. The predicted octanol–water partition coefficient (Wildman–Crippen LogP) is 5.28. The van der Waals surface area contributed by atoms with Crippen LogP contribution in [0.5, 0.6) is 11.5 Å². The summed E-state index contributed by atoms with van der Waals surface area (Å²) in [7, 11) is -0.955. The second kappa shape index (κ2) is 10.8. The fraction of sp³-hybridized carbons (Fsp3) is 0.111. The number of methoxy groups -OCH3 is 2. The quantitative estimate of drug-likeness (QED) is 0.178. The second-order valence-corrected chi connectivity index (χ2v) is 10.3. The zero-order valence-corrected chi connectivity index (χ0v) is 22.3. The zero-order valence-electron chi connectivity index (χ0n) is 21.4. The first-order valence-electron chi connectivity index (χ1n) is 11.9. The van der Waals surface area contributed by atoms with Gasteiger partial charge in [-0.15, -0.1) is 0 Å². The van der Waals surface area contributed by atoms with E-state index in [2.05, 4.69) is 35.4 Å². The third-order valence-electron chi connectivity index (χ3n) is 5.83. The third kappa shape index (κ3) is 5.80. The monoisotopic (exact) mass is 545 g/mol. The topological polar surface area (TPSA) is 150 Å². The molecule has 0 bridgehead atoms. The number of ether oxygens (including phenoxy) is 2. The molecule has 11 nitrogen and oxygen atoms in total. The van der Waals surface area contributed by atoms with Gasteiger partial charge in [0.15, 0.2) is 11.6 Å². The smallest absolute Gasteiger partial charge is 0.263 e. The Kier molecular flexibility index (Phi) is 7.10. The van der Waals surface area contributed by atoms with Crippen LogP contribution >= 0.6 is 0 Å². The average Bonchev–Trinajstić information content (AvgIpc) is 3.17. The van der Waals surface area contributed by atoms with Gasteiger partial charge in [0, 0.05) is 35.1 Å². The Morgan fingerprint density at radius 3 is 2.15 bits per heavy atom. The van der Waals surface area contributed by atoms with E-state index in [-0.39, 0.29) is 16.5 Å². The van der Waals surface area contributed by atoms with Gasteiger partial charge in [-0.05, 0) is 43.3 Å². The highest BCUT2D eigenvalue weighted by molar-refractivity contribution is 7.92. The lowest BCUT2D eigenvalue weighted by Crippen LogP contribution is -2.16. The first-order chi connectivity index (χ1) is 18.8. The molecule has 0 amide bonds. The molecule has 5 aromatic rings. The lowest BCUT2D eigenvalue weighted by Gasteiger charge is -2.15. The number of benzene rings is 3. The highest BCUT2D eigenvalue weighted by atomic mass is 32.2. The largest absolute Gasteiger partial charge is 0.497 e. The fourth-order valence-electron chi connectivity index (χ4n) is 3.85. The van der Waals surface area contributed by atoms with E-state index in [1.807, 2.05) is 37.3 Å². The number of hydrogen-bond acceptors (Lipinski definition) is 7. The van der Waals surface area contributed by atoms with Gasteiger partial charge in [0.05, 0.1) is 35.8 Å². The maximum atomic E-state index is 13.6. The molecule has 5 N–H and O–H groups in total. The molecule has 0 spiro atoms. The molecular formula is C27H27N7O4S. The Balaban J connectivity index is 1.54.